The van der Waals surface area contributed by atoms with Gasteiger partial charge in [-0.05, 0) is 17.7 Å². The van der Waals surface area contributed by atoms with Gasteiger partial charge in [-0.25, -0.2) is 4.39 Å². The molecule has 4 nitrogen and oxygen atoms in total. The lowest BCUT2D eigenvalue weighted by Gasteiger charge is -2.22. The molecular weight excluding hydrogens is 237 g/mol. The molecule has 2 N–H and O–H groups in total. The zero-order chi connectivity index (χ0) is 13.1. The second kappa shape index (κ2) is 5.27. The van der Waals surface area contributed by atoms with E-state index in [1.165, 1.54) is 12.1 Å². The van der Waals surface area contributed by atoms with Crippen LogP contribution in [0.25, 0.3) is 0 Å². The third-order valence-electron chi connectivity index (χ3n) is 3.07. The summed E-state index contributed by atoms with van der Waals surface area (Å²) >= 11 is 0. The molecule has 0 radical (unpaired) electrons. The number of carbonyl (C=O) groups excluding carboxylic acids is 2. The normalized spacial score (nSPS) is 15.3. The first-order valence-electron chi connectivity index (χ1n) is 5.77. The first-order chi connectivity index (χ1) is 8.60. The Morgan fingerprint density at radius 3 is 2.78 bits per heavy atom. The van der Waals surface area contributed by atoms with Gasteiger partial charge in [0.15, 0.2) is 0 Å². The lowest BCUT2D eigenvalue weighted by molar-refractivity contribution is -0.138. The average molecular weight is 251 g/mol. The topological polar surface area (TPSA) is 66.4 Å². The number of carbonyl (C=O) groups is 2. The molecule has 0 bridgehead atoms. The summed E-state index contributed by atoms with van der Waals surface area (Å²) in [4.78, 5) is 22.3. The van der Waals surface area contributed by atoms with Crippen LogP contribution in [0.15, 0.2) is 18.2 Å². The van der Waals surface area contributed by atoms with Crippen LogP contribution in [-0.2, 0) is 22.7 Å². The van der Waals surface area contributed by atoms with E-state index >= 15 is 0 Å². The number of rotatable bonds is 4. The highest BCUT2D eigenvalue weighted by atomic mass is 19.1. The molecule has 18 heavy (non-hydrogen) atoms. The molecule has 5 heteroatoms. The lowest BCUT2D eigenvalue weighted by atomic mass is 9.83. The zero-order valence-electron chi connectivity index (χ0n) is 9.78. The second-order valence-electron chi connectivity index (χ2n) is 4.45. The minimum Gasteiger partial charge on any atom is -0.392 e. The molecule has 0 unspecified atom stereocenters. The Hall–Kier alpha value is -1.75. The third kappa shape index (κ3) is 2.73. The quantitative estimate of drug-likeness (QED) is 0.836. The van der Waals surface area contributed by atoms with E-state index in [1.807, 2.05) is 0 Å². The predicted molar refractivity (Wildman–Crippen MR) is 61.9 cm³/mol. The Morgan fingerprint density at radius 1 is 1.44 bits per heavy atom. The standard InChI is InChI=1S/C13H14FNO3/c14-12-2-1-8(3-10(12)7-16)6-15-13(18)9-4-11(17)5-9/h1-3,9,16H,4-7H2,(H,15,18). The highest BCUT2D eigenvalue weighted by Crippen LogP contribution is 2.22. The van der Waals surface area contributed by atoms with Crippen molar-refractivity contribution in [2.75, 3.05) is 0 Å². The van der Waals surface area contributed by atoms with E-state index in [9.17, 15) is 14.0 Å². The van der Waals surface area contributed by atoms with Crippen molar-refractivity contribution < 1.29 is 19.1 Å². The summed E-state index contributed by atoms with van der Waals surface area (Å²) in [5.41, 5.74) is 0.931. The van der Waals surface area contributed by atoms with E-state index in [1.54, 1.807) is 6.07 Å². The molecule has 0 saturated heterocycles. The zero-order valence-corrected chi connectivity index (χ0v) is 9.78. The predicted octanol–water partition coefficient (Wildman–Crippen LogP) is 0.913. The summed E-state index contributed by atoms with van der Waals surface area (Å²) < 4.78 is 13.1. The van der Waals surface area contributed by atoms with Crippen molar-refractivity contribution in [1.29, 1.82) is 0 Å². The van der Waals surface area contributed by atoms with Crippen molar-refractivity contribution in [3.8, 4) is 0 Å². The molecule has 1 aromatic rings. The number of hydrogen-bond donors (Lipinski definition) is 2. The minimum atomic E-state index is -0.461. The molecule has 0 aliphatic heterocycles. The number of Topliss-reactive ketones (excluding diaryl/α,β-unsaturated/α-hetero) is 1. The highest BCUT2D eigenvalue weighted by molar-refractivity contribution is 5.96. The van der Waals surface area contributed by atoms with E-state index < -0.39 is 5.82 Å². The number of hydrogen-bond acceptors (Lipinski definition) is 3. The minimum absolute atomic E-state index is 0.111. The number of aliphatic hydroxyl groups excluding tert-OH is 1. The Kier molecular flexibility index (Phi) is 3.72. The first kappa shape index (κ1) is 12.7. The van der Waals surface area contributed by atoms with Crippen molar-refractivity contribution >= 4 is 11.7 Å². The summed E-state index contributed by atoms with van der Waals surface area (Å²) in [5.74, 6) is -0.712. The maximum Gasteiger partial charge on any atom is 0.224 e. The molecule has 2 rings (SSSR count). The third-order valence-corrected chi connectivity index (χ3v) is 3.07. The smallest absolute Gasteiger partial charge is 0.224 e. The Morgan fingerprint density at radius 2 is 2.17 bits per heavy atom. The van der Waals surface area contributed by atoms with Crippen molar-refractivity contribution in [2.24, 2.45) is 5.92 Å². The fraction of sp³-hybridized carbons (Fsp3) is 0.385. The van der Waals surface area contributed by atoms with E-state index in [2.05, 4.69) is 5.32 Å². The van der Waals surface area contributed by atoms with Crippen LogP contribution in [0.5, 0.6) is 0 Å². The van der Waals surface area contributed by atoms with Crippen molar-refractivity contribution in [3.05, 3.63) is 35.1 Å². The molecule has 1 aliphatic carbocycles. The number of ketones is 1. The number of amides is 1. The molecule has 1 amide bonds. The summed E-state index contributed by atoms with van der Waals surface area (Å²) in [6.07, 6.45) is 0.633. The summed E-state index contributed by atoms with van der Waals surface area (Å²) in [6.45, 7) is -0.0957. The van der Waals surface area contributed by atoms with E-state index in [0.717, 1.165) is 5.56 Å². The molecule has 96 valence electrons. The first-order valence-corrected chi connectivity index (χ1v) is 5.77. The molecule has 1 fully saturated rings. The number of benzene rings is 1. The SMILES string of the molecule is O=C1CC(C(=O)NCc2ccc(F)c(CO)c2)C1. The van der Waals surface area contributed by atoms with Gasteiger partial charge in [-0.15, -0.1) is 0 Å². The van der Waals surface area contributed by atoms with Crippen LogP contribution >= 0.6 is 0 Å². The van der Waals surface area contributed by atoms with Crippen LogP contribution < -0.4 is 5.32 Å². The molecule has 1 saturated carbocycles. The molecule has 1 aliphatic rings. The fourth-order valence-corrected chi connectivity index (χ4v) is 1.87. The maximum absolute atomic E-state index is 13.1. The highest BCUT2D eigenvalue weighted by Gasteiger charge is 2.32. The van der Waals surface area contributed by atoms with Crippen molar-refractivity contribution in [2.45, 2.75) is 26.0 Å². The van der Waals surface area contributed by atoms with Gasteiger partial charge in [-0.2, -0.15) is 0 Å². The van der Waals surface area contributed by atoms with E-state index in [-0.39, 0.29) is 36.3 Å². The molecular formula is C13H14FNO3. The van der Waals surface area contributed by atoms with Gasteiger partial charge in [0.25, 0.3) is 0 Å². The summed E-state index contributed by atoms with van der Waals surface area (Å²) in [7, 11) is 0. The monoisotopic (exact) mass is 251 g/mol. The number of aliphatic hydroxyl groups is 1. The van der Waals surface area contributed by atoms with Crippen LogP contribution in [0.1, 0.15) is 24.0 Å². The van der Waals surface area contributed by atoms with Gasteiger partial charge < -0.3 is 10.4 Å². The van der Waals surface area contributed by atoms with Crippen LogP contribution in [-0.4, -0.2) is 16.8 Å². The number of nitrogens with one attached hydrogen (secondary N) is 1. The van der Waals surface area contributed by atoms with Gasteiger partial charge >= 0.3 is 0 Å². The van der Waals surface area contributed by atoms with Gasteiger partial charge in [-0.3, -0.25) is 9.59 Å². The molecule has 1 aromatic carbocycles. The number of halogens is 1. The molecule has 0 spiro atoms. The second-order valence-corrected chi connectivity index (χ2v) is 4.45. The van der Waals surface area contributed by atoms with Crippen LogP contribution in [0.3, 0.4) is 0 Å². The Labute approximate surface area is 104 Å². The van der Waals surface area contributed by atoms with Gasteiger partial charge in [0.1, 0.15) is 11.6 Å². The van der Waals surface area contributed by atoms with E-state index in [4.69, 9.17) is 5.11 Å². The lowest BCUT2D eigenvalue weighted by Crippen LogP contribution is -2.38. The van der Waals surface area contributed by atoms with Gasteiger partial charge in [-0.1, -0.05) is 6.07 Å². The van der Waals surface area contributed by atoms with Gasteiger partial charge in [0.05, 0.1) is 12.5 Å². The van der Waals surface area contributed by atoms with Gasteiger partial charge in [0.2, 0.25) is 5.91 Å². The largest absolute Gasteiger partial charge is 0.392 e. The van der Waals surface area contributed by atoms with Gasteiger partial charge in [0, 0.05) is 24.9 Å². The molecule has 0 aromatic heterocycles. The summed E-state index contributed by atoms with van der Waals surface area (Å²) in [6, 6.07) is 4.34. The maximum atomic E-state index is 13.1. The van der Waals surface area contributed by atoms with Crippen LogP contribution in [0.4, 0.5) is 4.39 Å². The Bertz CT molecular complexity index is 479. The summed E-state index contributed by atoms with van der Waals surface area (Å²) in [5, 5.41) is 11.6. The molecule has 0 heterocycles. The van der Waals surface area contributed by atoms with Crippen molar-refractivity contribution in [1.82, 2.24) is 5.32 Å². The fourth-order valence-electron chi connectivity index (χ4n) is 1.87. The molecule has 0 atom stereocenters. The average Bonchev–Trinajstić information content (AvgIpc) is 2.33. The van der Waals surface area contributed by atoms with Crippen LogP contribution in [0.2, 0.25) is 0 Å². The van der Waals surface area contributed by atoms with E-state index in [0.29, 0.717) is 12.8 Å². The van der Waals surface area contributed by atoms with Crippen LogP contribution in [0, 0.1) is 11.7 Å². The Balaban J connectivity index is 1.90. The van der Waals surface area contributed by atoms with Crippen molar-refractivity contribution in [3.63, 3.8) is 0 Å².